The van der Waals surface area contributed by atoms with Gasteiger partial charge in [-0.3, -0.25) is 0 Å². The van der Waals surface area contributed by atoms with Gasteiger partial charge in [0.2, 0.25) is 0 Å². The molecular weight excluding hydrogens is 244 g/mol. The van der Waals surface area contributed by atoms with Crippen LogP contribution in [0.5, 0.6) is 0 Å². The van der Waals surface area contributed by atoms with E-state index in [0.29, 0.717) is 29.5 Å². The van der Waals surface area contributed by atoms with E-state index in [4.69, 9.17) is 27.2 Å². The number of nitrogen functional groups attached to an aromatic ring is 1. The van der Waals surface area contributed by atoms with Gasteiger partial charge in [-0.25, -0.2) is 4.79 Å². The standard InChI is InChI=1S/C11H15ClN2O3/c1-14(3-4-17-2)10-8(11(15)16)5-7(13)6-9(10)12/h5-6H,3-4,13H2,1-2H3,(H,15,16). The quantitative estimate of drug-likeness (QED) is 0.787. The van der Waals surface area contributed by atoms with Crippen LogP contribution in [0, 0.1) is 0 Å². The minimum absolute atomic E-state index is 0.0913. The summed E-state index contributed by atoms with van der Waals surface area (Å²) in [6, 6.07) is 2.93. The molecule has 0 aliphatic carbocycles. The van der Waals surface area contributed by atoms with Crippen molar-refractivity contribution in [2.75, 3.05) is 37.9 Å². The topological polar surface area (TPSA) is 75.8 Å². The fourth-order valence-electron chi connectivity index (χ4n) is 1.51. The Labute approximate surface area is 105 Å². The van der Waals surface area contributed by atoms with Crippen molar-refractivity contribution in [2.24, 2.45) is 0 Å². The van der Waals surface area contributed by atoms with Crippen molar-refractivity contribution in [1.82, 2.24) is 0 Å². The van der Waals surface area contributed by atoms with Crippen molar-refractivity contribution in [3.8, 4) is 0 Å². The first-order valence-corrected chi connectivity index (χ1v) is 5.37. The molecule has 0 aromatic heterocycles. The second-order valence-corrected chi connectivity index (χ2v) is 4.03. The summed E-state index contributed by atoms with van der Waals surface area (Å²) < 4.78 is 4.94. The van der Waals surface area contributed by atoms with E-state index in [-0.39, 0.29) is 5.56 Å². The number of rotatable bonds is 5. The average molecular weight is 259 g/mol. The smallest absolute Gasteiger partial charge is 0.337 e. The lowest BCUT2D eigenvalue weighted by Gasteiger charge is -2.22. The SMILES string of the molecule is COCCN(C)c1c(Cl)cc(N)cc1C(=O)O. The lowest BCUT2D eigenvalue weighted by atomic mass is 10.1. The number of likely N-dealkylation sites (N-methyl/N-ethyl adjacent to an activating group) is 1. The summed E-state index contributed by atoms with van der Waals surface area (Å²) in [7, 11) is 3.33. The van der Waals surface area contributed by atoms with Crippen molar-refractivity contribution in [3.05, 3.63) is 22.7 Å². The van der Waals surface area contributed by atoms with Gasteiger partial charge in [0.15, 0.2) is 0 Å². The second-order valence-electron chi connectivity index (χ2n) is 3.62. The summed E-state index contributed by atoms with van der Waals surface area (Å²) >= 11 is 6.03. The number of carboxylic acid groups (broad SMARTS) is 1. The van der Waals surface area contributed by atoms with Crippen molar-refractivity contribution >= 4 is 28.9 Å². The van der Waals surface area contributed by atoms with E-state index in [2.05, 4.69) is 0 Å². The van der Waals surface area contributed by atoms with E-state index in [9.17, 15) is 4.79 Å². The van der Waals surface area contributed by atoms with Crippen molar-refractivity contribution < 1.29 is 14.6 Å². The highest BCUT2D eigenvalue weighted by Gasteiger charge is 2.17. The molecule has 5 nitrogen and oxygen atoms in total. The van der Waals surface area contributed by atoms with Crippen molar-refractivity contribution in [2.45, 2.75) is 0 Å². The number of hydrogen-bond donors (Lipinski definition) is 2. The molecule has 0 aliphatic heterocycles. The molecule has 0 unspecified atom stereocenters. The Morgan fingerprint density at radius 1 is 1.59 bits per heavy atom. The van der Waals surface area contributed by atoms with Gasteiger partial charge in [-0.2, -0.15) is 0 Å². The average Bonchev–Trinajstić information content (AvgIpc) is 2.24. The third-order valence-corrected chi connectivity index (χ3v) is 2.62. The zero-order chi connectivity index (χ0) is 13.0. The number of carboxylic acids is 1. The molecule has 0 atom stereocenters. The molecule has 0 saturated heterocycles. The second kappa shape index (κ2) is 5.75. The summed E-state index contributed by atoms with van der Waals surface area (Å²) in [6.07, 6.45) is 0. The van der Waals surface area contributed by atoms with Gasteiger partial charge < -0.3 is 20.5 Å². The Balaban J connectivity index is 3.16. The first-order valence-electron chi connectivity index (χ1n) is 4.99. The molecule has 17 heavy (non-hydrogen) atoms. The maximum Gasteiger partial charge on any atom is 0.337 e. The van der Waals surface area contributed by atoms with Gasteiger partial charge in [0, 0.05) is 26.4 Å². The van der Waals surface area contributed by atoms with Crippen LogP contribution in [0.2, 0.25) is 5.02 Å². The number of benzene rings is 1. The number of hydrogen-bond acceptors (Lipinski definition) is 4. The molecule has 0 saturated carbocycles. The maximum atomic E-state index is 11.1. The molecule has 6 heteroatoms. The molecule has 0 fully saturated rings. The first-order chi connectivity index (χ1) is 7.97. The number of aromatic carboxylic acids is 1. The molecule has 3 N–H and O–H groups in total. The normalized spacial score (nSPS) is 10.3. The van der Waals surface area contributed by atoms with Crippen molar-refractivity contribution in [3.63, 3.8) is 0 Å². The molecule has 0 radical (unpaired) electrons. The fourth-order valence-corrected chi connectivity index (χ4v) is 1.88. The lowest BCUT2D eigenvalue weighted by molar-refractivity contribution is 0.0697. The fraction of sp³-hybridized carbons (Fsp3) is 0.364. The van der Waals surface area contributed by atoms with Gasteiger partial charge in [-0.1, -0.05) is 11.6 Å². The largest absolute Gasteiger partial charge is 0.478 e. The number of ether oxygens (including phenoxy) is 1. The van der Waals surface area contributed by atoms with E-state index in [1.165, 1.54) is 12.1 Å². The summed E-state index contributed by atoms with van der Waals surface area (Å²) in [5.74, 6) is -1.06. The van der Waals surface area contributed by atoms with Gasteiger partial charge in [-0.05, 0) is 12.1 Å². The Kier molecular flexibility index (Phi) is 4.60. The zero-order valence-corrected chi connectivity index (χ0v) is 10.5. The Hall–Kier alpha value is -1.46. The third kappa shape index (κ3) is 3.25. The van der Waals surface area contributed by atoms with Crippen LogP contribution in [-0.2, 0) is 4.74 Å². The van der Waals surface area contributed by atoms with E-state index in [1.807, 2.05) is 0 Å². The molecule has 1 aromatic carbocycles. The van der Waals surface area contributed by atoms with Crippen LogP contribution in [0.3, 0.4) is 0 Å². The van der Waals surface area contributed by atoms with Crippen LogP contribution in [0.25, 0.3) is 0 Å². The van der Waals surface area contributed by atoms with Crippen LogP contribution >= 0.6 is 11.6 Å². The number of halogens is 1. The molecule has 0 bridgehead atoms. The van der Waals surface area contributed by atoms with E-state index >= 15 is 0 Å². The first kappa shape index (κ1) is 13.6. The molecule has 0 aliphatic rings. The summed E-state index contributed by atoms with van der Waals surface area (Å²) in [5, 5.41) is 9.44. The highest BCUT2D eigenvalue weighted by molar-refractivity contribution is 6.34. The van der Waals surface area contributed by atoms with E-state index in [0.717, 1.165) is 0 Å². The van der Waals surface area contributed by atoms with Gasteiger partial charge in [0.05, 0.1) is 22.9 Å². The monoisotopic (exact) mass is 258 g/mol. The molecule has 0 amide bonds. The molecule has 94 valence electrons. The van der Waals surface area contributed by atoms with Gasteiger partial charge in [0.25, 0.3) is 0 Å². The van der Waals surface area contributed by atoms with Crippen molar-refractivity contribution in [1.29, 1.82) is 0 Å². The Bertz CT molecular complexity index is 423. The van der Waals surface area contributed by atoms with E-state index < -0.39 is 5.97 Å². The van der Waals surface area contributed by atoms with Gasteiger partial charge in [-0.15, -0.1) is 0 Å². The Morgan fingerprint density at radius 2 is 2.24 bits per heavy atom. The van der Waals surface area contributed by atoms with Crippen LogP contribution in [0.4, 0.5) is 11.4 Å². The summed E-state index contributed by atoms with van der Waals surface area (Å²) in [4.78, 5) is 12.9. The van der Waals surface area contributed by atoms with E-state index in [1.54, 1.807) is 19.1 Å². The number of methoxy groups -OCH3 is 1. The number of anilines is 2. The number of carbonyl (C=O) groups is 1. The predicted molar refractivity (Wildman–Crippen MR) is 68.0 cm³/mol. The minimum atomic E-state index is -1.06. The number of nitrogens with zero attached hydrogens (tertiary/aromatic N) is 1. The van der Waals surface area contributed by atoms with Gasteiger partial charge in [0.1, 0.15) is 0 Å². The summed E-state index contributed by atoms with van der Waals surface area (Å²) in [5.41, 5.74) is 6.45. The lowest BCUT2D eigenvalue weighted by Crippen LogP contribution is -2.24. The highest BCUT2D eigenvalue weighted by atomic mass is 35.5. The number of nitrogens with two attached hydrogens (primary N) is 1. The molecule has 0 heterocycles. The highest BCUT2D eigenvalue weighted by Crippen LogP contribution is 2.31. The predicted octanol–water partition coefficient (Wildman–Crippen LogP) is 1.70. The maximum absolute atomic E-state index is 11.1. The molecule has 0 spiro atoms. The van der Waals surface area contributed by atoms with Crippen LogP contribution in [0.15, 0.2) is 12.1 Å². The van der Waals surface area contributed by atoms with Crippen LogP contribution in [-0.4, -0.2) is 38.4 Å². The summed E-state index contributed by atoms with van der Waals surface area (Å²) in [6.45, 7) is 1.02. The van der Waals surface area contributed by atoms with Crippen LogP contribution < -0.4 is 10.6 Å². The third-order valence-electron chi connectivity index (χ3n) is 2.33. The van der Waals surface area contributed by atoms with Gasteiger partial charge >= 0.3 is 5.97 Å². The molecule has 1 rings (SSSR count). The van der Waals surface area contributed by atoms with Crippen LogP contribution in [0.1, 0.15) is 10.4 Å². The molecule has 1 aromatic rings. The zero-order valence-electron chi connectivity index (χ0n) is 9.74. The minimum Gasteiger partial charge on any atom is -0.478 e. The Morgan fingerprint density at radius 3 is 2.76 bits per heavy atom. The molecular formula is C11H15ClN2O3.